The lowest BCUT2D eigenvalue weighted by molar-refractivity contribution is -0.120. The van der Waals surface area contributed by atoms with Gasteiger partial charge < -0.3 is 4.79 Å². The molecule has 0 aromatic heterocycles. The smallest absolute Gasteiger partial charge is 0.159 e. The molecular weight excluding hydrogens is 212 g/mol. The minimum atomic E-state index is 0.0511. The van der Waals surface area contributed by atoms with Crippen molar-refractivity contribution in [2.75, 3.05) is 0 Å². The van der Waals surface area contributed by atoms with E-state index in [2.05, 4.69) is 20.8 Å². The average molecular weight is 236 g/mol. The lowest BCUT2D eigenvalue weighted by Gasteiger charge is -2.18. The zero-order chi connectivity index (χ0) is 13.0. The predicted octanol–water partition coefficient (Wildman–Crippen LogP) is 3.55. The van der Waals surface area contributed by atoms with Gasteiger partial charge in [0.1, 0.15) is 5.78 Å². The van der Waals surface area contributed by atoms with E-state index < -0.39 is 0 Å². The Labute approximate surface area is 104 Å². The van der Waals surface area contributed by atoms with Crippen LogP contribution >= 0.6 is 0 Å². The monoisotopic (exact) mass is 236 g/mol. The minimum absolute atomic E-state index is 0.0511. The molecule has 0 unspecified atom stereocenters. The Morgan fingerprint density at radius 3 is 2.65 bits per heavy atom. The molecule has 1 rings (SSSR count). The van der Waals surface area contributed by atoms with Crippen LogP contribution < -0.4 is 0 Å². The third kappa shape index (κ3) is 4.10. The van der Waals surface area contributed by atoms with Crippen molar-refractivity contribution in [2.45, 2.75) is 53.4 Å². The molecule has 0 saturated carbocycles. The van der Waals surface area contributed by atoms with Crippen LogP contribution in [0, 0.1) is 17.8 Å². The number of rotatable bonds is 4. The standard InChI is InChI=1S/C15H24O2/c1-10(2)13-7-5-11(3)14(15(17)9-13)8-6-12(4)16/h9-11,14H,5-8H2,1-4H3/t11-,14-/m0/s1. The Balaban J connectivity index is 2.75. The van der Waals surface area contributed by atoms with Crippen LogP contribution in [0.15, 0.2) is 11.6 Å². The van der Waals surface area contributed by atoms with Crippen LogP contribution in [-0.2, 0) is 9.59 Å². The van der Waals surface area contributed by atoms with Gasteiger partial charge in [-0.2, -0.15) is 0 Å². The van der Waals surface area contributed by atoms with Crippen molar-refractivity contribution in [1.82, 2.24) is 0 Å². The fourth-order valence-corrected chi connectivity index (χ4v) is 2.48. The molecule has 2 nitrogen and oxygen atoms in total. The number of hydrogen-bond acceptors (Lipinski definition) is 2. The van der Waals surface area contributed by atoms with Gasteiger partial charge in [0.15, 0.2) is 5.78 Å². The van der Waals surface area contributed by atoms with Gasteiger partial charge in [0.25, 0.3) is 0 Å². The molecule has 2 heteroatoms. The summed E-state index contributed by atoms with van der Waals surface area (Å²) in [7, 11) is 0. The second-order valence-electron chi connectivity index (χ2n) is 5.64. The van der Waals surface area contributed by atoms with E-state index in [1.807, 2.05) is 6.08 Å². The summed E-state index contributed by atoms with van der Waals surface area (Å²) in [6, 6.07) is 0. The maximum absolute atomic E-state index is 12.2. The van der Waals surface area contributed by atoms with Crippen molar-refractivity contribution < 1.29 is 9.59 Å². The van der Waals surface area contributed by atoms with Gasteiger partial charge in [0.05, 0.1) is 0 Å². The van der Waals surface area contributed by atoms with Crippen LogP contribution in [0.25, 0.3) is 0 Å². The SMILES string of the molecule is CC(=O)CC[C@@H]1C(=O)C=C(C(C)C)CC[C@@H]1C. The third-order valence-electron chi connectivity index (χ3n) is 3.82. The molecule has 0 fully saturated rings. The highest BCUT2D eigenvalue weighted by molar-refractivity contribution is 5.93. The Kier molecular flexibility index (Phi) is 5.10. The van der Waals surface area contributed by atoms with Gasteiger partial charge in [0.2, 0.25) is 0 Å². The highest BCUT2D eigenvalue weighted by atomic mass is 16.1. The number of carbonyl (C=O) groups excluding carboxylic acids is 2. The van der Waals surface area contributed by atoms with Gasteiger partial charge in [-0.3, -0.25) is 4.79 Å². The summed E-state index contributed by atoms with van der Waals surface area (Å²) in [4.78, 5) is 23.2. The Morgan fingerprint density at radius 1 is 1.47 bits per heavy atom. The van der Waals surface area contributed by atoms with E-state index in [4.69, 9.17) is 0 Å². The van der Waals surface area contributed by atoms with Crippen molar-refractivity contribution in [3.8, 4) is 0 Å². The Bertz CT molecular complexity index is 326. The normalized spacial score (nSPS) is 25.7. The first-order chi connectivity index (χ1) is 7.91. The van der Waals surface area contributed by atoms with Crippen LogP contribution in [0.2, 0.25) is 0 Å². The maximum atomic E-state index is 12.2. The molecule has 0 spiro atoms. The molecule has 0 aliphatic heterocycles. The van der Waals surface area contributed by atoms with Crippen molar-refractivity contribution in [3.05, 3.63) is 11.6 Å². The summed E-state index contributed by atoms with van der Waals surface area (Å²) in [5, 5.41) is 0. The third-order valence-corrected chi connectivity index (χ3v) is 3.82. The number of allylic oxidation sites excluding steroid dienone is 2. The first-order valence-electron chi connectivity index (χ1n) is 6.65. The summed E-state index contributed by atoms with van der Waals surface area (Å²) in [5.41, 5.74) is 1.27. The van der Waals surface area contributed by atoms with E-state index in [0.717, 1.165) is 19.3 Å². The molecule has 1 aliphatic carbocycles. The number of Topliss-reactive ketones (excluding diaryl/α,β-unsaturated/α-hetero) is 1. The molecule has 0 amide bonds. The summed E-state index contributed by atoms with van der Waals surface area (Å²) in [6.07, 6.45) is 5.20. The quantitative estimate of drug-likeness (QED) is 0.748. The van der Waals surface area contributed by atoms with Crippen LogP contribution in [-0.4, -0.2) is 11.6 Å². The molecule has 0 aromatic rings. The van der Waals surface area contributed by atoms with Crippen molar-refractivity contribution >= 4 is 11.6 Å². The lowest BCUT2D eigenvalue weighted by atomic mass is 9.84. The molecule has 96 valence electrons. The van der Waals surface area contributed by atoms with E-state index in [0.29, 0.717) is 18.3 Å². The molecule has 1 aliphatic rings. The van der Waals surface area contributed by atoms with E-state index >= 15 is 0 Å². The summed E-state index contributed by atoms with van der Waals surface area (Å²) < 4.78 is 0. The number of ketones is 2. The second-order valence-corrected chi connectivity index (χ2v) is 5.64. The minimum Gasteiger partial charge on any atom is -0.300 e. The first-order valence-corrected chi connectivity index (χ1v) is 6.65. The molecule has 0 N–H and O–H groups in total. The first kappa shape index (κ1) is 14.1. The van der Waals surface area contributed by atoms with Gasteiger partial charge >= 0.3 is 0 Å². The zero-order valence-corrected chi connectivity index (χ0v) is 11.5. The van der Waals surface area contributed by atoms with E-state index in [1.54, 1.807) is 6.92 Å². The molecule has 0 aromatic carbocycles. The molecule has 0 saturated heterocycles. The molecular formula is C15H24O2. The zero-order valence-electron chi connectivity index (χ0n) is 11.5. The molecule has 0 bridgehead atoms. The Morgan fingerprint density at radius 2 is 2.12 bits per heavy atom. The van der Waals surface area contributed by atoms with Crippen molar-refractivity contribution in [3.63, 3.8) is 0 Å². The molecule has 0 heterocycles. The topological polar surface area (TPSA) is 34.1 Å². The Hall–Kier alpha value is -0.920. The van der Waals surface area contributed by atoms with Gasteiger partial charge in [-0.1, -0.05) is 26.3 Å². The molecule has 17 heavy (non-hydrogen) atoms. The second kappa shape index (κ2) is 6.13. The summed E-state index contributed by atoms with van der Waals surface area (Å²) >= 11 is 0. The average Bonchev–Trinajstić information content (AvgIpc) is 2.36. The largest absolute Gasteiger partial charge is 0.300 e. The molecule has 0 radical (unpaired) electrons. The van der Waals surface area contributed by atoms with Crippen molar-refractivity contribution in [1.29, 1.82) is 0 Å². The highest BCUT2D eigenvalue weighted by Gasteiger charge is 2.27. The van der Waals surface area contributed by atoms with Gasteiger partial charge in [-0.05, 0) is 44.1 Å². The fourth-order valence-electron chi connectivity index (χ4n) is 2.48. The van der Waals surface area contributed by atoms with Gasteiger partial charge in [-0.15, -0.1) is 0 Å². The van der Waals surface area contributed by atoms with Crippen LogP contribution in [0.4, 0.5) is 0 Å². The van der Waals surface area contributed by atoms with E-state index in [-0.39, 0.29) is 17.5 Å². The lowest BCUT2D eigenvalue weighted by Crippen LogP contribution is -2.20. The van der Waals surface area contributed by atoms with E-state index in [1.165, 1.54) is 5.57 Å². The van der Waals surface area contributed by atoms with E-state index in [9.17, 15) is 9.59 Å². The highest BCUT2D eigenvalue weighted by Crippen LogP contribution is 2.31. The summed E-state index contributed by atoms with van der Waals surface area (Å²) in [6.45, 7) is 8.01. The van der Waals surface area contributed by atoms with Crippen LogP contribution in [0.5, 0.6) is 0 Å². The van der Waals surface area contributed by atoms with Gasteiger partial charge in [-0.25, -0.2) is 0 Å². The molecule has 2 atom stereocenters. The maximum Gasteiger partial charge on any atom is 0.159 e. The number of carbonyl (C=O) groups is 2. The summed E-state index contributed by atoms with van der Waals surface area (Å²) in [5.74, 6) is 1.32. The van der Waals surface area contributed by atoms with Crippen LogP contribution in [0.3, 0.4) is 0 Å². The van der Waals surface area contributed by atoms with Crippen molar-refractivity contribution in [2.24, 2.45) is 17.8 Å². The number of hydrogen-bond donors (Lipinski definition) is 0. The van der Waals surface area contributed by atoms with Gasteiger partial charge in [0, 0.05) is 12.3 Å². The predicted molar refractivity (Wildman–Crippen MR) is 69.7 cm³/mol. The van der Waals surface area contributed by atoms with Crippen LogP contribution in [0.1, 0.15) is 53.4 Å². The fraction of sp³-hybridized carbons (Fsp3) is 0.733.